The van der Waals surface area contributed by atoms with Crippen LogP contribution in [0.3, 0.4) is 0 Å². The van der Waals surface area contributed by atoms with Crippen LogP contribution in [-0.4, -0.2) is 11.4 Å². The van der Waals surface area contributed by atoms with Gasteiger partial charge < -0.3 is 10.3 Å². The second-order valence-corrected chi connectivity index (χ2v) is 5.00. The molecule has 0 saturated heterocycles. The number of anilines is 1. The lowest BCUT2D eigenvalue weighted by Gasteiger charge is -2.15. The summed E-state index contributed by atoms with van der Waals surface area (Å²) in [6, 6.07) is 7.97. The normalized spacial score (nSPS) is 11.7. The average Bonchev–Trinajstić information content (AvgIpc) is 2.60. The average molecular weight is 216 g/mol. The third kappa shape index (κ3) is 1.94. The van der Waals surface area contributed by atoms with Gasteiger partial charge in [0.2, 0.25) is 6.41 Å². The van der Waals surface area contributed by atoms with E-state index in [0.29, 0.717) is 6.41 Å². The van der Waals surface area contributed by atoms with Gasteiger partial charge in [-0.2, -0.15) is 0 Å². The first-order valence-electron chi connectivity index (χ1n) is 5.34. The van der Waals surface area contributed by atoms with Crippen molar-refractivity contribution in [1.82, 2.24) is 4.98 Å². The number of H-pyrrole nitrogens is 1. The van der Waals surface area contributed by atoms with Crippen LogP contribution in [0.2, 0.25) is 0 Å². The number of aromatic nitrogens is 1. The Labute approximate surface area is 94.9 Å². The SMILES string of the molecule is CC(C)(C)c1cc2cc(NC=O)ccc2[nH]1. The first-order valence-corrected chi connectivity index (χ1v) is 5.34. The maximum Gasteiger partial charge on any atom is 0.211 e. The smallest absolute Gasteiger partial charge is 0.211 e. The van der Waals surface area contributed by atoms with Crippen molar-refractivity contribution in [3.63, 3.8) is 0 Å². The van der Waals surface area contributed by atoms with Crippen LogP contribution in [-0.2, 0) is 10.2 Å². The Bertz CT molecular complexity index is 520. The summed E-state index contributed by atoms with van der Waals surface area (Å²) in [6.07, 6.45) is 0.693. The van der Waals surface area contributed by atoms with E-state index in [4.69, 9.17) is 0 Å². The minimum absolute atomic E-state index is 0.108. The molecule has 0 atom stereocenters. The molecule has 1 amide bonds. The Morgan fingerprint density at radius 1 is 1.25 bits per heavy atom. The molecule has 84 valence electrons. The first-order chi connectivity index (χ1) is 7.50. The highest BCUT2D eigenvalue weighted by atomic mass is 16.1. The summed E-state index contributed by atoms with van der Waals surface area (Å²) < 4.78 is 0. The molecule has 0 radical (unpaired) electrons. The predicted molar refractivity (Wildman–Crippen MR) is 66.7 cm³/mol. The fraction of sp³-hybridized carbons (Fsp3) is 0.308. The van der Waals surface area contributed by atoms with Crippen molar-refractivity contribution in [2.24, 2.45) is 0 Å². The molecule has 0 aliphatic rings. The molecule has 2 rings (SSSR count). The van der Waals surface area contributed by atoms with Gasteiger partial charge in [0.05, 0.1) is 0 Å². The lowest BCUT2D eigenvalue weighted by molar-refractivity contribution is -0.105. The van der Waals surface area contributed by atoms with E-state index in [2.05, 4.69) is 37.1 Å². The van der Waals surface area contributed by atoms with Gasteiger partial charge in [0, 0.05) is 27.7 Å². The Hall–Kier alpha value is -1.77. The van der Waals surface area contributed by atoms with Gasteiger partial charge in [0.25, 0.3) is 0 Å². The molecule has 0 fully saturated rings. The van der Waals surface area contributed by atoms with Crippen molar-refractivity contribution in [3.8, 4) is 0 Å². The van der Waals surface area contributed by atoms with Crippen LogP contribution in [0.1, 0.15) is 26.5 Å². The van der Waals surface area contributed by atoms with Crippen LogP contribution in [0.15, 0.2) is 24.3 Å². The summed E-state index contributed by atoms with van der Waals surface area (Å²) in [7, 11) is 0. The summed E-state index contributed by atoms with van der Waals surface area (Å²) in [5.74, 6) is 0. The largest absolute Gasteiger partial charge is 0.358 e. The minimum Gasteiger partial charge on any atom is -0.358 e. The molecule has 0 unspecified atom stereocenters. The lowest BCUT2D eigenvalue weighted by atomic mass is 9.92. The van der Waals surface area contributed by atoms with Crippen LogP contribution < -0.4 is 5.32 Å². The highest BCUT2D eigenvalue weighted by molar-refractivity contribution is 5.86. The van der Waals surface area contributed by atoms with Crippen LogP contribution in [0, 0.1) is 0 Å². The minimum atomic E-state index is 0.108. The molecule has 0 bridgehead atoms. The number of carbonyl (C=O) groups is 1. The summed E-state index contributed by atoms with van der Waals surface area (Å²) in [5.41, 5.74) is 3.23. The first kappa shape index (κ1) is 10.7. The zero-order valence-electron chi connectivity index (χ0n) is 9.79. The third-order valence-corrected chi connectivity index (χ3v) is 2.65. The van der Waals surface area contributed by atoms with Crippen LogP contribution in [0.25, 0.3) is 10.9 Å². The fourth-order valence-corrected chi connectivity index (χ4v) is 1.69. The number of hydrogen-bond donors (Lipinski definition) is 2. The van der Waals surface area contributed by atoms with Crippen LogP contribution in [0.5, 0.6) is 0 Å². The number of carbonyl (C=O) groups excluding carboxylic acids is 1. The van der Waals surface area contributed by atoms with Crippen molar-refractivity contribution >= 4 is 23.0 Å². The van der Waals surface area contributed by atoms with E-state index in [-0.39, 0.29) is 5.41 Å². The molecule has 0 saturated carbocycles. The fourth-order valence-electron chi connectivity index (χ4n) is 1.69. The van der Waals surface area contributed by atoms with Gasteiger partial charge >= 0.3 is 0 Å². The number of rotatable bonds is 2. The standard InChI is InChI=1S/C13H16N2O/c1-13(2,3)12-7-9-6-10(14-8-16)4-5-11(9)15-12/h4-8,15H,1-3H3,(H,14,16). The van der Waals surface area contributed by atoms with E-state index in [1.165, 1.54) is 5.69 Å². The maximum atomic E-state index is 10.4. The number of fused-ring (bicyclic) bond motifs is 1. The third-order valence-electron chi connectivity index (χ3n) is 2.65. The van der Waals surface area contributed by atoms with E-state index < -0.39 is 0 Å². The van der Waals surface area contributed by atoms with E-state index in [1.807, 2.05) is 18.2 Å². The second-order valence-electron chi connectivity index (χ2n) is 5.00. The van der Waals surface area contributed by atoms with Gasteiger partial charge in [0.1, 0.15) is 0 Å². The summed E-state index contributed by atoms with van der Waals surface area (Å²) in [4.78, 5) is 13.7. The maximum absolute atomic E-state index is 10.4. The highest BCUT2D eigenvalue weighted by Gasteiger charge is 2.16. The highest BCUT2D eigenvalue weighted by Crippen LogP contribution is 2.27. The molecule has 1 aromatic heterocycles. The number of nitrogens with one attached hydrogen (secondary N) is 2. The van der Waals surface area contributed by atoms with E-state index >= 15 is 0 Å². The van der Waals surface area contributed by atoms with Crippen molar-refractivity contribution in [3.05, 3.63) is 30.0 Å². The Balaban J connectivity index is 2.50. The molecule has 1 aromatic carbocycles. The summed E-state index contributed by atoms with van der Waals surface area (Å²) in [6.45, 7) is 6.51. The molecule has 2 aromatic rings. The van der Waals surface area contributed by atoms with E-state index in [9.17, 15) is 4.79 Å². The molecule has 0 aliphatic heterocycles. The number of benzene rings is 1. The lowest BCUT2D eigenvalue weighted by Crippen LogP contribution is -2.10. The van der Waals surface area contributed by atoms with Crippen molar-refractivity contribution < 1.29 is 4.79 Å². The van der Waals surface area contributed by atoms with Gasteiger partial charge in [-0.1, -0.05) is 20.8 Å². The Morgan fingerprint density at radius 2 is 2.00 bits per heavy atom. The summed E-state index contributed by atoms with van der Waals surface area (Å²) >= 11 is 0. The van der Waals surface area contributed by atoms with Gasteiger partial charge in [-0.15, -0.1) is 0 Å². The Kier molecular flexibility index (Phi) is 2.46. The monoisotopic (exact) mass is 216 g/mol. The molecule has 3 heteroatoms. The van der Waals surface area contributed by atoms with E-state index in [1.54, 1.807) is 0 Å². The zero-order valence-corrected chi connectivity index (χ0v) is 9.79. The van der Waals surface area contributed by atoms with E-state index in [0.717, 1.165) is 16.6 Å². The van der Waals surface area contributed by atoms with Gasteiger partial charge in [0.15, 0.2) is 0 Å². The van der Waals surface area contributed by atoms with Crippen molar-refractivity contribution in [2.45, 2.75) is 26.2 Å². The predicted octanol–water partition coefficient (Wildman–Crippen LogP) is 3.03. The van der Waals surface area contributed by atoms with Crippen molar-refractivity contribution in [2.75, 3.05) is 5.32 Å². The summed E-state index contributed by atoms with van der Waals surface area (Å²) in [5, 5.41) is 3.78. The molecule has 0 aliphatic carbocycles. The molecular weight excluding hydrogens is 200 g/mol. The van der Waals surface area contributed by atoms with Crippen LogP contribution in [0.4, 0.5) is 5.69 Å². The van der Waals surface area contributed by atoms with Crippen LogP contribution >= 0.6 is 0 Å². The molecule has 3 nitrogen and oxygen atoms in total. The van der Waals surface area contributed by atoms with Crippen molar-refractivity contribution in [1.29, 1.82) is 0 Å². The molecule has 1 heterocycles. The second kappa shape index (κ2) is 3.67. The van der Waals surface area contributed by atoms with Gasteiger partial charge in [-0.05, 0) is 24.3 Å². The number of aromatic amines is 1. The number of amides is 1. The van der Waals surface area contributed by atoms with Gasteiger partial charge in [-0.3, -0.25) is 4.79 Å². The topological polar surface area (TPSA) is 44.9 Å². The number of hydrogen-bond acceptors (Lipinski definition) is 1. The zero-order chi connectivity index (χ0) is 11.8. The molecule has 16 heavy (non-hydrogen) atoms. The quantitative estimate of drug-likeness (QED) is 0.744. The molecule has 0 spiro atoms. The molecular formula is C13H16N2O. The molecule has 2 N–H and O–H groups in total. The Morgan fingerprint density at radius 3 is 2.62 bits per heavy atom. The van der Waals surface area contributed by atoms with Gasteiger partial charge in [-0.25, -0.2) is 0 Å².